The molecule has 1 aromatic carbocycles. The number of anilines is 1. The molecule has 18 heavy (non-hydrogen) atoms. The first kappa shape index (κ1) is 12.7. The number of hydrogen-bond acceptors (Lipinski definition) is 2. The van der Waals surface area contributed by atoms with Crippen molar-refractivity contribution in [2.45, 2.75) is 26.7 Å². The van der Waals surface area contributed by atoms with E-state index in [4.69, 9.17) is 5.73 Å². The maximum atomic E-state index is 13.8. The van der Waals surface area contributed by atoms with Gasteiger partial charge in [-0.2, -0.15) is 0 Å². The zero-order valence-corrected chi connectivity index (χ0v) is 10.3. The summed E-state index contributed by atoms with van der Waals surface area (Å²) in [6.45, 7) is 5.47. The summed E-state index contributed by atoms with van der Waals surface area (Å²) < 4.78 is 40.1. The van der Waals surface area contributed by atoms with E-state index in [-0.39, 0.29) is 22.5 Å². The van der Waals surface area contributed by atoms with Crippen molar-refractivity contribution in [2.24, 2.45) is 0 Å². The molecule has 0 fully saturated rings. The van der Waals surface area contributed by atoms with Crippen molar-refractivity contribution in [2.75, 3.05) is 5.73 Å². The molecule has 0 amide bonds. The number of nitrogens with zero attached hydrogens (tertiary/aromatic N) is 1. The van der Waals surface area contributed by atoms with E-state index in [2.05, 4.69) is 4.98 Å². The van der Waals surface area contributed by atoms with E-state index in [0.717, 1.165) is 6.07 Å². The highest BCUT2D eigenvalue weighted by atomic mass is 19.2. The van der Waals surface area contributed by atoms with Crippen LogP contribution in [0.2, 0.25) is 0 Å². The number of nitrogens with two attached hydrogens (primary N) is 1. The van der Waals surface area contributed by atoms with Crippen LogP contribution in [0.4, 0.5) is 18.9 Å². The summed E-state index contributed by atoms with van der Waals surface area (Å²) in [4.78, 5) is 4.09. The zero-order valence-electron chi connectivity index (χ0n) is 10.3. The fraction of sp³-hybridized carbons (Fsp3) is 0.308. The summed E-state index contributed by atoms with van der Waals surface area (Å²) in [6, 6.07) is 0.862. The quantitative estimate of drug-likeness (QED) is 0.789. The van der Waals surface area contributed by atoms with Crippen molar-refractivity contribution in [3.63, 3.8) is 0 Å². The Labute approximate surface area is 103 Å². The summed E-state index contributed by atoms with van der Waals surface area (Å²) in [7, 11) is 0. The molecule has 0 unspecified atom stereocenters. The lowest BCUT2D eigenvalue weighted by molar-refractivity contribution is 0.453. The number of aromatic nitrogens is 1. The molecular formula is C13H13F3N2. The number of rotatable bonds is 1. The summed E-state index contributed by atoms with van der Waals surface area (Å²) in [6.07, 6.45) is 0. The van der Waals surface area contributed by atoms with E-state index < -0.39 is 17.5 Å². The highest BCUT2D eigenvalue weighted by Crippen LogP contribution is 2.34. The van der Waals surface area contributed by atoms with Crippen LogP contribution < -0.4 is 5.73 Å². The molecule has 0 atom stereocenters. The van der Waals surface area contributed by atoms with Gasteiger partial charge in [0.25, 0.3) is 0 Å². The number of aryl methyl sites for hydroxylation is 1. The number of hydrogen-bond donors (Lipinski definition) is 1. The van der Waals surface area contributed by atoms with Gasteiger partial charge in [-0.15, -0.1) is 0 Å². The van der Waals surface area contributed by atoms with E-state index in [9.17, 15) is 13.2 Å². The van der Waals surface area contributed by atoms with E-state index in [1.54, 1.807) is 6.92 Å². The topological polar surface area (TPSA) is 38.9 Å². The molecule has 2 rings (SSSR count). The summed E-state index contributed by atoms with van der Waals surface area (Å²) in [5.74, 6) is -4.04. The molecule has 1 aromatic heterocycles. The van der Waals surface area contributed by atoms with Gasteiger partial charge in [0.2, 0.25) is 0 Å². The molecule has 0 bridgehead atoms. The van der Waals surface area contributed by atoms with Crippen molar-refractivity contribution in [1.29, 1.82) is 0 Å². The number of pyridine rings is 1. The third-order valence-corrected chi connectivity index (χ3v) is 2.96. The predicted molar refractivity (Wildman–Crippen MR) is 64.9 cm³/mol. The minimum Gasteiger partial charge on any atom is -0.398 e. The maximum Gasteiger partial charge on any atom is 0.195 e. The molecule has 0 saturated heterocycles. The van der Waals surface area contributed by atoms with Crippen molar-refractivity contribution < 1.29 is 13.2 Å². The lowest BCUT2D eigenvalue weighted by Crippen LogP contribution is -2.06. The molecular weight excluding hydrogens is 241 g/mol. The van der Waals surface area contributed by atoms with Gasteiger partial charge in [0, 0.05) is 17.4 Å². The van der Waals surface area contributed by atoms with Crippen LogP contribution in [-0.4, -0.2) is 4.98 Å². The molecule has 0 spiro atoms. The van der Waals surface area contributed by atoms with Crippen LogP contribution in [0.15, 0.2) is 6.07 Å². The lowest BCUT2D eigenvalue weighted by Gasteiger charge is -2.15. The molecule has 0 radical (unpaired) electrons. The predicted octanol–water partition coefficient (Wildman–Crippen LogP) is 3.67. The second kappa shape index (κ2) is 4.15. The summed E-state index contributed by atoms with van der Waals surface area (Å²) in [5.41, 5.74) is 7.29. The Kier molecular flexibility index (Phi) is 2.92. The molecule has 1 heterocycles. The molecule has 2 aromatic rings. The number of fused-ring (bicyclic) bond motifs is 1. The van der Waals surface area contributed by atoms with Crippen molar-refractivity contribution in [3.05, 3.63) is 34.8 Å². The maximum absolute atomic E-state index is 13.8. The molecule has 2 nitrogen and oxygen atoms in total. The van der Waals surface area contributed by atoms with Crippen LogP contribution in [0.5, 0.6) is 0 Å². The van der Waals surface area contributed by atoms with Crippen LogP contribution in [0, 0.1) is 24.4 Å². The second-order valence-electron chi connectivity index (χ2n) is 4.56. The van der Waals surface area contributed by atoms with Gasteiger partial charge in [-0.1, -0.05) is 13.8 Å². The first-order valence-electron chi connectivity index (χ1n) is 5.57. The smallest absolute Gasteiger partial charge is 0.195 e. The Morgan fingerprint density at radius 2 is 1.78 bits per heavy atom. The number of benzene rings is 1. The van der Waals surface area contributed by atoms with Gasteiger partial charge >= 0.3 is 0 Å². The van der Waals surface area contributed by atoms with Crippen molar-refractivity contribution in [1.82, 2.24) is 4.98 Å². The summed E-state index contributed by atoms with van der Waals surface area (Å²) >= 11 is 0. The molecule has 0 aliphatic rings. The first-order chi connectivity index (χ1) is 8.34. The lowest BCUT2D eigenvalue weighted by atomic mass is 9.97. The van der Waals surface area contributed by atoms with Crippen LogP contribution in [0.25, 0.3) is 10.9 Å². The van der Waals surface area contributed by atoms with Crippen LogP contribution >= 0.6 is 0 Å². The Hall–Kier alpha value is -1.78. The van der Waals surface area contributed by atoms with Gasteiger partial charge < -0.3 is 5.73 Å². The Balaban J connectivity index is 2.97. The molecule has 96 valence electrons. The molecule has 0 saturated carbocycles. The number of nitrogen functional groups attached to an aromatic ring is 1. The third kappa shape index (κ3) is 1.70. The average Bonchev–Trinajstić information content (AvgIpc) is 2.24. The van der Waals surface area contributed by atoms with Gasteiger partial charge in [-0.3, -0.25) is 4.98 Å². The Morgan fingerprint density at radius 1 is 1.17 bits per heavy atom. The van der Waals surface area contributed by atoms with Gasteiger partial charge in [-0.05, 0) is 18.4 Å². The standard InChI is InChI=1S/C13H13F3N2/c1-5(2)9-6(3)18-8-4-7(14)11(15)12(16)10(8)13(9)17/h4-5H,1-3H3,(H2,17,18). The highest BCUT2D eigenvalue weighted by Gasteiger charge is 2.20. The molecule has 0 aliphatic heterocycles. The summed E-state index contributed by atoms with van der Waals surface area (Å²) in [5, 5.41) is -0.150. The van der Waals surface area contributed by atoms with E-state index in [1.165, 1.54) is 0 Å². The second-order valence-corrected chi connectivity index (χ2v) is 4.56. The zero-order chi connectivity index (χ0) is 13.6. The average molecular weight is 254 g/mol. The van der Waals surface area contributed by atoms with Crippen molar-refractivity contribution >= 4 is 16.6 Å². The highest BCUT2D eigenvalue weighted by molar-refractivity contribution is 5.93. The monoisotopic (exact) mass is 254 g/mol. The van der Waals surface area contributed by atoms with Gasteiger partial charge in [0.05, 0.1) is 10.9 Å². The normalized spacial score (nSPS) is 11.5. The minimum atomic E-state index is -1.52. The molecule has 5 heteroatoms. The fourth-order valence-electron chi connectivity index (χ4n) is 2.23. The van der Waals surface area contributed by atoms with E-state index >= 15 is 0 Å². The van der Waals surface area contributed by atoms with Crippen LogP contribution in [0.1, 0.15) is 31.0 Å². The third-order valence-electron chi connectivity index (χ3n) is 2.96. The Bertz CT molecular complexity index is 636. The fourth-order valence-corrected chi connectivity index (χ4v) is 2.23. The van der Waals surface area contributed by atoms with Crippen molar-refractivity contribution in [3.8, 4) is 0 Å². The van der Waals surface area contributed by atoms with Gasteiger partial charge in [0.15, 0.2) is 17.5 Å². The molecule has 2 N–H and O–H groups in total. The number of halogens is 3. The molecule has 0 aliphatic carbocycles. The van der Waals surface area contributed by atoms with Crippen LogP contribution in [0.3, 0.4) is 0 Å². The first-order valence-corrected chi connectivity index (χ1v) is 5.57. The SMILES string of the molecule is Cc1nc2cc(F)c(F)c(F)c2c(N)c1C(C)C. The van der Waals surface area contributed by atoms with Gasteiger partial charge in [0.1, 0.15) is 0 Å². The van der Waals surface area contributed by atoms with E-state index in [0.29, 0.717) is 11.3 Å². The Morgan fingerprint density at radius 3 is 2.33 bits per heavy atom. The van der Waals surface area contributed by atoms with Gasteiger partial charge in [-0.25, -0.2) is 13.2 Å². The minimum absolute atomic E-state index is 0.0226. The van der Waals surface area contributed by atoms with E-state index in [1.807, 2.05) is 13.8 Å². The largest absolute Gasteiger partial charge is 0.398 e. The van der Waals surface area contributed by atoms with Crippen LogP contribution in [-0.2, 0) is 0 Å².